The smallest absolute Gasteiger partial charge is 0.190 e. The average Bonchev–Trinajstić information content (AvgIpc) is 2.60. The molecule has 0 bridgehead atoms. The molecule has 0 amide bonds. The standard InChI is InChI=1S/C18H32N4O/c1-4-23-16-9-8-13-20-18(19-2)21-14-10-15-22(3)17-11-6-5-7-12-17/h5-7,11-12H,4,8-10,13-16H2,1-3H3,(H2,19,20,21). The molecule has 23 heavy (non-hydrogen) atoms. The van der Waals surface area contributed by atoms with Crippen LogP contribution in [0.3, 0.4) is 0 Å². The van der Waals surface area contributed by atoms with Crippen molar-refractivity contribution in [2.24, 2.45) is 4.99 Å². The number of hydrogen-bond donors (Lipinski definition) is 2. The highest BCUT2D eigenvalue weighted by molar-refractivity contribution is 5.79. The molecule has 0 saturated heterocycles. The fourth-order valence-corrected chi connectivity index (χ4v) is 2.24. The zero-order valence-corrected chi connectivity index (χ0v) is 14.8. The SMILES string of the molecule is CCOCCCCNC(=NC)NCCCN(C)c1ccccc1. The van der Waals surface area contributed by atoms with Crippen LogP contribution in [-0.2, 0) is 4.74 Å². The van der Waals surface area contributed by atoms with Crippen LogP contribution in [0, 0.1) is 0 Å². The monoisotopic (exact) mass is 320 g/mol. The molecule has 0 heterocycles. The van der Waals surface area contributed by atoms with Crippen LogP contribution in [-0.4, -0.2) is 52.9 Å². The van der Waals surface area contributed by atoms with Crippen molar-refractivity contribution in [2.45, 2.75) is 26.2 Å². The summed E-state index contributed by atoms with van der Waals surface area (Å²) in [4.78, 5) is 6.52. The number of nitrogens with one attached hydrogen (secondary N) is 2. The third kappa shape index (κ3) is 9.08. The highest BCUT2D eigenvalue weighted by Gasteiger charge is 2.00. The molecule has 0 aliphatic rings. The predicted octanol–water partition coefficient (Wildman–Crippen LogP) is 2.49. The van der Waals surface area contributed by atoms with Crippen LogP contribution in [0.25, 0.3) is 0 Å². The van der Waals surface area contributed by atoms with Gasteiger partial charge in [0.1, 0.15) is 0 Å². The van der Waals surface area contributed by atoms with Gasteiger partial charge in [-0.3, -0.25) is 4.99 Å². The van der Waals surface area contributed by atoms with E-state index < -0.39 is 0 Å². The molecule has 1 aromatic rings. The molecule has 0 aromatic heterocycles. The lowest BCUT2D eigenvalue weighted by atomic mass is 10.3. The first-order valence-electron chi connectivity index (χ1n) is 8.56. The fraction of sp³-hybridized carbons (Fsp3) is 0.611. The number of anilines is 1. The maximum atomic E-state index is 5.33. The van der Waals surface area contributed by atoms with Crippen LogP contribution < -0.4 is 15.5 Å². The Bertz CT molecular complexity index is 422. The first-order chi connectivity index (χ1) is 11.3. The number of hydrogen-bond acceptors (Lipinski definition) is 3. The first-order valence-corrected chi connectivity index (χ1v) is 8.56. The van der Waals surface area contributed by atoms with Crippen LogP contribution in [0.15, 0.2) is 35.3 Å². The molecule has 2 N–H and O–H groups in total. The normalized spacial score (nSPS) is 11.3. The van der Waals surface area contributed by atoms with Crippen molar-refractivity contribution in [1.29, 1.82) is 0 Å². The maximum Gasteiger partial charge on any atom is 0.190 e. The third-order valence-corrected chi connectivity index (χ3v) is 3.60. The highest BCUT2D eigenvalue weighted by Crippen LogP contribution is 2.10. The van der Waals surface area contributed by atoms with Crippen LogP contribution in [0.5, 0.6) is 0 Å². The molecule has 1 aromatic carbocycles. The lowest BCUT2D eigenvalue weighted by Gasteiger charge is -2.19. The van der Waals surface area contributed by atoms with E-state index in [0.29, 0.717) is 0 Å². The lowest BCUT2D eigenvalue weighted by Crippen LogP contribution is -2.39. The summed E-state index contributed by atoms with van der Waals surface area (Å²) in [7, 11) is 3.94. The number of guanidine groups is 1. The minimum Gasteiger partial charge on any atom is -0.382 e. The number of para-hydroxylation sites is 1. The zero-order chi connectivity index (χ0) is 16.8. The Balaban J connectivity index is 2.08. The van der Waals surface area contributed by atoms with Gasteiger partial charge in [0.15, 0.2) is 5.96 Å². The second-order valence-corrected chi connectivity index (χ2v) is 5.44. The molecule has 0 spiro atoms. The topological polar surface area (TPSA) is 48.9 Å². The average molecular weight is 320 g/mol. The summed E-state index contributed by atoms with van der Waals surface area (Å²) in [5.41, 5.74) is 1.25. The summed E-state index contributed by atoms with van der Waals surface area (Å²) in [5, 5.41) is 6.70. The van der Waals surface area contributed by atoms with Crippen molar-refractivity contribution >= 4 is 11.6 Å². The molecular weight excluding hydrogens is 288 g/mol. The Labute approximate surface area is 141 Å². The second-order valence-electron chi connectivity index (χ2n) is 5.44. The van der Waals surface area contributed by atoms with Crippen molar-refractivity contribution in [3.8, 4) is 0 Å². The number of aliphatic imine (C=N–C) groups is 1. The minimum absolute atomic E-state index is 0.800. The summed E-state index contributed by atoms with van der Waals surface area (Å²) in [5.74, 6) is 0.878. The van der Waals surface area contributed by atoms with Crippen molar-refractivity contribution in [1.82, 2.24) is 10.6 Å². The van der Waals surface area contributed by atoms with E-state index in [9.17, 15) is 0 Å². The maximum absolute atomic E-state index is 5.33. The van der Waals surface area contributed by atoms with Gasteiger partial charge in [-0.05, 0) is 38.3 Å². The Morgan fingerprint density at radius 3 is 2.43 bits per heavy atom. The van der Waals surface area contributed by atoms with Gasteiger partial charge in [-0.1, -0.05) is 18.2 Å². The zero-order valence-electron chi connectivity index (χ0n) is 14.8. The largest absolute Gasteiger partial charge is 0.382 e. The van der Waals surface area contributed by atoms with E-state index in [2.05, 4.69) is 51.8 Å². The Kier molecular flexibility index (Phi) is 10.7. The molecule has 0 fully saturated rings. The van der Waals surface area contributed by atoms with Crippen molar-refractivity contribution in [3.63, 3.8) is 0 Å². The quantitative estimate of drug-likeness (QED) is 0.374. The van der Waals surface area contributed by atoms with Gasteiger partial charge in [0.25, 0.3) is 0 Å². The lowest BCUT2D eigenvalue weighted by molar-refractivity contribution is 0.143. The molecule has 5 nitrogen and oxygen atoms in total. The number of ether oxygens (including phenoxy) is 1. The van der Waals surface area contributed by atoms with Gasteiger partial charge in [0.2, 0.25) is 0 Å². The summed E-state index contributed by atoms with van der Waals surface area (Å²) in [6.45, 7) is 6.53. The fourth-order valence-electron chi connectivity index (χ4n) is 2.24. The summed E-state index contributed by atoms with van der Waals surface area (Å²) >= 11 is 0. The van der Waals surface area contributed by atoms with E-state index in [0.717, 1.165) is 58.1 Å². The van der Waals surface area contributed by atoms with E-state index in [4.69, 9.17) is 4.74 Å². The molecular formula is C18H32N4O. The predicted molar refractivity (Wildman–Crippen MR) is 99.4 cm³/mol. The van der Waals surface area contributed by atoms with Gasteiger partial charge in [-0.2, -0.15) is 0 Å². The van der Waals surface area contributed by atoms with E-state index in [-0.39, 0.29) is 0 Å². The van der Waals surface area contributed by atoms with Gasteiger partial charge in [-0.15, -0.1) is 0 Å². The summed E-state index contributed by atoms with van der Waals surface area (Å²) in [6, 6.07) is 10.5. The molecule has 0 atom stereocenters. The number of unbranched alkanes of at least 4 members (excludes halogenated alkanes) is 1. The second kappa shape index (κ2) is 12.8. The molecule has 0 radical (unpaired) electrons. The van der Waals surface area contributed by atoms with Gasteiger partial charge in [0, 0.05) is 52.6 Å². The first kappa shape index (κ1) is 19.3. The van der Waals surface area contributed by atoms with Crippen LogP contribution >= 0.6 is 0 Å². The molecule has 1 rings (SSSR count). The van der Waals surface area contributed by atoms with Crippen molar-refractivity contribution < 1.29 is 4.74 Å². The Hall–Kier alpha value is -1.75. The van der Waals surface area contributed by atoms with Crippen molar-refractivity contribution in [2.75, 3.05) is 51.8 Å². The Morgan fingerprint density at radius 2 is 1.78 bits per heavy atom. The van der Waals surface area contributed by atoms with E-state index in [1.54, 1.807) is 0 Å². The van der Waals surface area contributed by atoms with Gasteiger partial charge in [-0.25, -0.2) is 0 Å². The van der Waals surface area contributed by atoms with E-state index >= 15 is 0 Å². The molecule has 5 heteroatoms. The summed E-state index contributed by atoms with van der Waals surface area (Å²) in [6.07, 6.45) is 3.24. The van der Waals surface area contributed by atoms with E-state index in [1.807, 2.05) is 20.0 Å². The number of nitrogens with zero attached hydrogens (tertiary/aromatic N) is 2. The van der Waals surface area contributed by atoms with Gasteiger partial charge in [0.05, 0.1) is 0 Å². The van der Waals surface area contributed by atoms with E-state index in [1.165, 1.54) is 5.69 Å². The third-order valence-electron chi connectivity index (χ3n) is 3.60. The van der Waals surface area contributed by atoms with Gasteiger partial charge < -0.3 is 20.3 Å². The van der Waals surface area contributed by atoms with Gasteiger partial charge >= 0.3 is 0 Å². The van der Waals surface area contributed by atoms with Crippen LogP contribution in [0.1, 0.15) is 26.2 Å². The van der Waals surface area contributed by atoms with Crippen LogP contribution in [0.4, 0.5) is 5.69 Å². The Morgan fingerprint density at radius 1 is 1.09 bits per heavy atom. The number of rotatable bonds is 11. The molecule has 0 aliphatic carbocycles. The minimum atomic E-state index is 0.800. The van der Waals surface area contributed by atoms with Crippen LogP contribution in [0.2, 0.25) is 0 Å². The molecule has 0 unspecified atom stereocenters. The highest BCUT2D eigenvalue weighted by atomic mass is 16.5. The number of benzene rings is 1. The van der Waals surface area contributed by atoms with Crippen molar-refractivity contribution in [3.05, 3.63) is 30.3 Å². The molecule has 0 aliphatic heterocycles. The molecule has 130 valence electrons. The molecule has 0 saturated carbocycles. The summed E-state index contributed by atoms with van der Waals surface area (Å²) < 4.78 is 5.33.